The Morgan fingerprint density at radius 2 is 1.55 bits per heavy atom. The molecule has 150 valence electrons. The zero-order chi connectivity index (χ0) is 20.1. The number of rotatable bonds is 9. The van der Waals surface area contributed by atoms with Crippen molar-refractivity contribution in [1.29, 1.82) is 0 Å². The number of nitrogens with zero attached hydrogens (tertiary/aromatic N) is 1. The van der Waals surface area contributed by atoms with Crippen LogP contribution in [0.3, 0.4) is 0 Å². The van der Waals surface area contributed by atoms with Gasteiger partial charge in [0.15, 0.2) is 0 Å². The molecule has 0 aliphatic heterocycles. The van der Waals surface area contributed by atoms with Crippen LogP contribution >= 0.6 is 0 Å². The maximum absolute atomic E-state index is 14.0. The van der Waals surface area contributed by atoms with E-state index in [0.717, 1.165) is 29.7 Å². The first-order valence-corrected chi connectivity index (χ1v) is 10.1. The van der Waals surface area contributed by atoms with Gasteiger partial charge < -0.3 is 9.84 Å². The van der Waals surface area contributed by atoms with E-state index in [-0.39, 0.29) is 12.4 Å². The van der Waals surface area contributed by atoms with Gasteiger partial charge in [0.2, 0.25) is 0 Å². The molecular weight excluding hydrogens is 365 g/mol. The minimum Gasteiger partial charge on any atom is -0.491 e. The lowest BCUT2D eigenvalue weighted by molar-refractivity contribution is 0.0622. The summed E-state index contributed by atoms with van der Waals surface area (Å²) < 4.78 is 19.8. The van der Waals surface area contributed by atoms with Crippen molar-refractivity contribution in [2.45, 2.75) is 31.5 Å². The number of hydrogen-bond acceptors (Lipinski definition) is 3. The molecular formula is C25H26FNO2. The van der Waals surface area contributed by atoms with E-state index in [0.29, 0.717) is 24.7 Å². The van der Waals surface area contributed by atoms with Gasteiger partial charge in [-0.1, -0.05) is 60.7 Å². The Hall–Kier alpha value is -2.69. The van der Waals surface area contributed by atoms with Crippen LogP contribution in [0.15, 0.2) is 78.9 Å². The normalized spacial score (nSPS) is 14.7. The fourth-order valence-corrected chi connectivity index (χ4v) is 3.52. The molecule has 1 aliphatic rings. The van der Waals surface area contributed by atoms with Gasteiger partial charge in [-0.25, -0.2) is 4.39 Å². The summed E-state index contributed by atoms with van der Waals surface area (Å²) in [5, 5.41) is 10.5. The van der Waals surface area contributed by atoms with E-state index >= 15 is 0 Å². The van der Waals surface area contributed by atoms with Crippen molar-refractivity contribution in [2.75, 3.05) is 13.2 Å². The van der Waals surface area contributed by atoms with E-state index in [9.17, 15) is 9.50 Å². The summed E-state index contributed by atoms with van der Waals surface area (Å²) in [5.41, 5.74) is 2.96. The second-order valence-electron chi connectivity index (χ2n) is 7.61. The van der Waals surface area contributed by atoms with Crippen molar-refractivity contribution in [3.05, 3.63) is 90.2 Å². The molecule has 0 aromatic heterocycles. The van der Waals surface area contributed by atoms with Gasteiger partial charge in [0.1, 0.15) is 24.3 Å². The predicted octanol–water partition coefficient (Wildman–Crippen LogP) is 4.90. The molecule has 29 heavy (non-hydrogen) atoms. The van der Waals surface area contributed by atoms with Gasteiger partial charge in [-0.15, -0.1) is 0 Å². The lowest BCUT2D eigenvalue weighted by atomic mass is 10.1. The zero-order valence-corrected chi connectivity index (χ0v) is 16.4. The van der Waals surface area contributed by atoms with E-state index in [4.69, 9.17) is 4.74 Å². The molecule has 1 N–H and O–H groups in total. The third-order valence-electron chi connectivity index (χ3n) is 5.24. The molecule has 1 atom stereocenters. The Morgan fingerprint density at radius 3 is 2.24 bits per heavy atom. The largest absolute Gasteiger partial charge is 0.491 e. The van der Waals surface area contributed by atoms with E-state index in [1.807, 2.05) is 54.6 Å². The average Bonchev–Trinajstić information content (AvgIpc) is 3.60. The fraction of sp³-hybridized carbons (Fsp3) is 0.280. The van der Waals surface area contributed by atoms with Gasteiger partial charge in [0.25, 0.3) is 0 Å². The van der Waals surface area contributed by atoms with Gasteiger partial charge in [0, 0.05) is 24.7 Å². The second kappa shape index (κ2) is 9.21. The molecule has 4 rings (SSSR count). The lowest BCUT2D eigenvalue weighted by Crippen LogP contribution is -2.36. The maximum Gasteiger partial charge on any atom is 0.127 e. The molecule has 3 aromatic carbocycles. The Bertz CT molecular complexity index is 910. The molecule has 1 fully saturated rings. The summed E-state index contributed by atoms with van der Waals surface area (Å²) in [5.74, 6) is 0.540. The molecule has 3 nitrogen and oxygen atoms in total. The quantitative estimate of drug-likeness (QED) is 0.563. The molecule has 0 bridgehead atoms. The van der Waals surface area contributed by atoms with Crippen LogP contribution in [-0.4, -0.2) is 35.3 Å². The van der Waals surface area contributed by atoms with E-state index in [2.05, 4.69) is 17.0 Å². The smallest absolute Gasteiger partial charge is 0.127 e. The van der Waals surface area contributed by atoms with Crippen molar-refractivity contribution in [3.8, 4) is 16.9 Å². The highest BCUT2D eigenvalue weighted by atomic mass is 19.1. The molecule has 0 radical (unpaired) electrons. The van der Waals surface area contributed by atoms with E-state index in [1.165, 1.54) is 6.07 Å². The highest BCUT2D eigenvalue weighted by molar-refractivity contribution is 5.63. The average molecular weight is 391 g/mol. The molecule has 0 saturated heterocycles. The molecule has 0 heterocycles. The Kier molecular flexibility index (Phi) is 6.23. The first-order valence-electron chi connectivity index (χ1n) is 10.1. The monoisotopic (exact) mass is 391 g/mol. The van der Waals surface area contributed by atoms with Crippen LogP contribution in [0.4, 0.5) is 4.39 Å². The van der Waals surface area contributed by atoms with Crippen molar-refractivity contribution in [3.63, 3.8) is 0 Å². The zero-order valence-electron chi connectivity index (χ0n) is 16.4. The molecule has 4 heteroatoms. The first kappa shape index (κ1) is 19.6. The van der Waals surface area contributed by atoms with Gasteiger partial charge in [0.05, 0.1) is 0 Å². The van der Waals surface area contributed by atoms with Crippen LogP contribution in [0, 0.1) is 5.82 Å². The SMILES string of the molecule is OC(COc1ccc(-c2ccccc2)cc1)CN(Cc1ccccc1F)C1CC1. The minimum absolute atomic E-state index is 0.192. The molecule has 0 amide bonds. The third kappa shape index (κ3) is 5.43. The fourth-order valence-electron chi connectivity index (χ4n) is 3.52. The molecule has 3 aromatic rings. The van der Waals surface area contributed by atoms with Crippen molar-refractivity contribution in [1.82, 2.24) is 4.90 Å². The number of halogens is 1. The summed E-state index contributed by atoms with van der Waals surface area (Å²) in [6.07, 6.45) is 1.57. The van der Waals surface area contributed by atoms with Gasteiger partial charge >= 0.3 is 0 Å². The Balaban J connectivity index is 1.30. The molecule has 1 saturated carbocycles. The van der Waals surface area contributed by atoms with Gasteiger partial charge in [-0.2, -0.15) is 0 Å². The number of ether oxygens (including phenoxy) is 1. The first-order chi connectivity index (χ1) is 14.2. The summed E-state index contributed by atoms with van der Waals surface area (Å²) >= 11 is 0. The number of hydrogen-bond donors (Lipinski definition) is 1. The number of benzene rings is 3. The highest BCUT2D eigenvalue weighted by Gasteiger charge is 2.30. The topological polar surface area (TPSA) is 32.7 Å². The summed E-state index contributed by atoms with van der Waals surface area (Å²) in [4.78, 5) is 2.16. The van der Waals surface area contributed by atoms with Gasteiger partial charge in [-0.05, 0) is 42.2 Å². The van der Waals surface area contributed by atoms with Crippen LogP contribution in [0.5, 0.6) is 5.75 Å². The third-order valence-corrected chi connectivity index (χ3v) is 5.24. The van der Waals surface area contributed by atoms with Crippen molar-refractivity contribution < 1.29 is 14.2 Å². The van der Waals surface area contributed by atoms with Crippen LogP contribution in [-0.2, 0) is 6.54 Å². The number of aliphatic hydroxyl groups excluding tert-OH is 1. The molecule has 1 unspecified atom stereocenters. The Labute approximate surface area is 171 Å². The molecule has 1 aliphatic carbocycles. The number of aliphatic hydroxyl groups is 1. The van der Waals surface area contributed by atoms with E-state index in [1.54, 1.807) is 6.07 Å². The van der Waals surface area contributed by atoms with Gasteiger partial charge in [-0.3, -0.25) is 4.90 Å². The highest BCUT2D eigenvalue weighted by Crippen LogP contribution is 2.29. The van der Waals surface area contributed by atoms with Crippen LogP contribution in [0.2, 0.25) is 0 Å². The van der Waals surface area contributed by atoms with Crippen molar-refractivity contribution >= 4 is 0 Å². The van der Waals surface area contributed by atoms with Crippen LogP contribution in [0.25, 0.3) is 11.1 Å². The second-order valence-corrected chi connectivity index (χ2v) is 7.61. The maximum atomic E-state index is 14.0. The Morgan fingerprint density at radius 1 is 0.897 bits per heavy atom. The summed E-state index contributed by atoms with van der Waals surface area (Å²) in [7, 11) is 0. The lowest BCUT2D eigenvalue weighted by Gasteiger charge is -2.25. The molecule has 0 spiro atoms. The minimum atomic E-state index is -0.629. The van der Waals surface area contributed by atoms with E-state index < -0.39 is 6.10 Å². The summed E-state index contributed by atoms with van der Waals surface area (Å²) in [6.45, 7) is 1.20. The summed E-state index contributed by atoms with van der Waals surface area (Å²) in [6, 6.07) is 25.3. The standard InChI is InChI=1S/C25H26FNO2/c26-25-9-5-4-8-21(25)16-27(22-12-13-22)17-23(28)18-29-24-14-10-20(11-15-24)19-6-2-1-3-7-19/h1-11,14-15,22-23,28H,12-13,16-18H2. The van der Waals surface area contributed by atoms with Crippen LogP contribution < -0.4 is 4.74 Å². The van der Waals surface area contributed by atoms with Crippen molar-refractivity contribution in [2.24, 2.45) is 0 Å². The predicted molar refractivity (Wildman–Crippen MR) is 113 cm³/mol. The van der Waals surface area contributed by atoms with Crippen LogP contribution in [0.1, 0.15) is 18.4 Å².